The number of pyridine rings is 2. The van der Waals surface area contributed by atoms with Crippen LogP contribution in [0, 0.1) is 6.92 Å². The Morgan fingerprint density at radius 2 is 1.90 bits per heavy atom. The minimum atomic E-state index is 0.350. The van der Waals surface area contributed by atoms with Gasteiger partial charge in [-0.1, -0.05) is 17.7 Å². The van der Waals surface area contributed by atoms with Gasteiger partial charge in [0, 0.05) is 29.5 Å². The van der Waals surface area contributed by atoms with E-state index in [0.29, 0.717) is 35.4 Å². The number of anilines is 3. The number of hydrogen-bond donors (Lipinski definition) is 2. The molecule has 4 rings (SSSR count). The van der Waals surface area contributed by atoms with Crippen LogP contribution in [0.5, 0.6) is 11.5 Å². The molecule has 0 unspecified atom stereocenters. The fraction of sp³-hybridized carbons (Fsp3) is 0.167. The van der Waals surface area contributed by atoms with E-state index in [1.165, 1.54) is 0 Å². The third-order valence-corrected chi connectivity index (χ3v) is 5.09. The molecule has 0 atom stereocenters. The molecule has 2 aromatic heterocycles. The summed E-state index contributed by atoms with van der Waals surface area (Å²) in [7, 11) is 0. The molecule has 0 bridgehead atoms. The first-order valence-electron chi connectivity index (χ1n) is 9.96. The van der Waals surface area contributed by atoms with Gasteiger partial charge in [-0.2, -0.15) is 0 Å². The van der Waals surface area contributed by atoms with Crippen molar-refractivity contribution in [2.45, 2.75) is 20.5 Å². The van der Waals surface area contributed by atoms with Gasteiger partial charge in [-0.3, -0.25) is 9.97 Å². The molecule has 7 heteroatoms. The highest BCUT2D eigenvalue weighted by Crippen LogP contribution is 2.36. The van der Waals surface area contributed by atoms with Crippen LogP contribution in [-0.2, 0) is 6.61 Å². The zero-order chi connectivity index (χ0) is 21.8. The van der Waals surface area contributed by atoms with Crippen molar-refractivity contribution in [3.8, 4) is 11.5 Å². The normalized spacial score (nSPS) is 10.8. The topological polar surface area (TPSA) is 82.3 Å². The maximum atomic E-state index is 6.47. The molecule has 0 spiro atoms. The van der Waals surface area contributed by atoms with Gasteiger partial charge >= 0.3 is 0 Å². The second-order valence-electron chi connectivity index (χ2n) is 7.04. The predicted molar refractivity (Wildman–Crippen MR) is 125 cm³/mol. The number of aromatic nitrogens is 2. The minimum Gasteiger partial charge on any atom is -0.492 e. The fourth-order valence-corrected chi connectivity index (χ4v) is 3.49. The van der Waals surface area contributed by atoms with E-state index in [4.69, 9.17) is 26.8 Å². The maximum Gasteiger partial charge on any atom is 0.144 e. The van der Waals surface area contributed by atoms with E-state index in [9.17, 15) is 0 Å². The van der Waals surface area contributed by atoms with Crippen LogP contribution in [0.25, 0.3) is 10.9 Å². The zero-order valence-corrected chi connectivity index (χ0v) is 18.1. The van der Waals surface area contributed by atoms with E-state index < -0.39 is 0 Å². The van der Waals surface area contributed by atoms with E-state index in [0.717, 1.165) is 33.5 Å². The van der Waals surface area contributed by atoms with E-state index in [1.54, 1.807) is 6.20 Å². The van der Waals surface area contributed by atoms with Crippen molar-refractivity contribution in [2.75, 3.05) is 17.7 Å². The number of nitrogen functional groups attached to an aromatic ring is 1. The number of hydrogen-bond acceptors (Lipinski definition) is 6. The largest absolute Gasteiger partial charge is 0.492 e. The molecule has 4 aromatic rings. The van der Waals surface area contributed by atoms with Gasteiger partial charge in [0.15, 0.2) is 0 Å². The maximum absolute atomic E-state index is 6.47. The van der Waals surface area contributed by atoms with Crippen molar-refractivity contribution in [1.29, 1.82) is 0 Å². The summed E-state index contributed by atoms with van der Waals surface area (Å²) in [4.78, 5) is 8.78. The van der Waals surface area contributed by atoms with Crippen LogP contribution in [0.4, 0.5) is 17.1 Å². The van der Waals surface area contributed by atoms with Crippen LogP contribution in [0.2, 0.25) is 5.02 Å². The Bertz CT molecular complexity index is 1220. The van der Waals surface area contributed by atoms with Gasteiger partial charge in [0.2, 0.25) is 0 Å². The SMILES string of the molecule is CCOc1cc2ncc(C)c(Nc3ccc(OCc4ccccn4)c(Cl)c3)c2cc1N. The first-order chi connectivity index (χ1) is 15.0. The molecular weight excluding hydrogens is 412 g/mol. The Labute approximate surface area is 186 Å². The molecule has 0 aliphatic carbocycles. The number of rotatable bonds is 7. The summed E-state index contributed by atoms with van der Waals surface area (Å²) >= 11 is 6.47. The number of fused-ring (bicyclic) bond motifs is 1. The molecule has 0 amide bonds. The zero-order valence-electron chi connectivity index (χ0n) is 17.4. The van der Waals surface area contributed by atoms with Crippen LogP contribution in [-0.4, -0.2) is 16.6 Å². The number of nitrogens with one attached hydrogen (secondary N) is 1. The molecular formula is C24H23ClN4O2. The lowest BCUT2D eigenvalue weighted by Crippen LogP contribution is -2.01. The highest BCUT2D eigenvalue weighted by atomic mass is 35.5. The van der Waals surface area contributed by atoms with Gasteiger partial charge in [0.05, 0.1) is 34.2 Å². The fourth-order valence-electron chi connectivity index (χ4n) is 3.26. The Hall–Kier alpha value is -3.51. The number of aryl methyl sites for hydroxylation is 1. The molecule has 158 valence electrons. The van der Waals surface area contributed by atoms with E-state index in [2.05, 4.69) is 15.3 Å². The molecule has 6 nitrogen and oxygen atoms in total. The smallest absolute Gasteiger partial charge is 0.144 e. The molecule has 2 heterocycles. The Kier molecular flexibility index (Phi) is 6.09. The molecule has 0 saturated heterocycles. The third-order valence-electron chi connectivity index (χ3n) is 4.79. The van der Waals surface area contributed by atoms with E-state index in [-0.39, 0.29) is 0 Å². The molecule has 31 heavy (non-hydrogen) atoms. The minimum absolute atomic E-state index is 0.350. The van der Waals surface area contributed by atoms with Crippen molar-refractivity contribution in [3.05, 3.63) is 77.2 Å². The second kappa shape index (κ2) is 9.10. The van der Waals surface area contributed by atoms with Crippen LogP contribution < -0.4 is 20.5 Å². The predicted octanol–water partition coefficient (Wildman–Crippen LogP) is 5.90. The van der Waals surface area contributed by atoms with Gasteiger partial charge in [0.25, 0.3) is 0 Å². The summed E-state index contributed by atoms with van der Waals surface area (Å²) in [6.07, 6.45) is 3.56. The molecule has 2 aromatic carbocycles. The van der Waals surface area contributed by atoms with Crippen molar-refractivity contribution < 1.29 is 9.47 Å². The van der Waals surface area contributed by atoms with Crippen LogP contribution in [0.1, 0.15) is 18.2 Å². The Balaban J connectivity index is 1.59. The quantitative estimate of drug-likeness (QED) is 0.352. The van der Waals surface area contributed by atoms with Crippen molar-refractivity contribution in [3.63, 3.8) is 0 Å². The van der Waals surface area contributed by atoms with Crippen LogP contribution in [0.3, 0.4) is 0 Å². The van der Waals surface area contributed by atoms with Crippen molar-refractivity contribution in [1.82, 2.24) is 9.97 Å². The average Bonchev–Trinajstić information content (AvgIpc) is 2.77. The van der Waals surface area contributed by atoms with Gasteiger partial charge < -0.3 is 20.5 Å². The number of benzene rings is 2. The van der Waals surface area contributed by atoms with Crippen molar-refractivity contribution >= 4 is 39.6 Å². The Morgan fingerprint density at radius 3 is 2.65 bits per heavy atom. The summed E-state index contributed by atoms with van der Waals surface area (Å²) in [5.41, 5.74) is 11.1. The van der Waals surface area contributed by atoms with Gasteiger partial charge in [-0.05, 0) is 55.8 Å². The first-order valence-corrected chi connectivity index (χ1v) is 10.3. The third kappa shape index (κ3) is 4.64. The number of nitrogens with two attached hydrogens (primary N) is 1. The Morgan fingerprint density at radius 1 is 1.03 bits per heavy atom. The molecule has 0 aliphatic heterocycles. The van der Waals surface area contributed by atoms with Crippen LogP contribution in [0.15, 0.2) is 60.9 Å². The second-order valence-corrected chi connectivity index (χ2v) is 7.44. The highest BCUT2D eigenvalue weighted by Gasteiger charge is 2.12. The first kappa shape index (κ1) is 20.8. The summed E-state index contributed by atoms with van der Waals surface area (Å²) in [6, 6.07) is 15.0. The van der Waals surface area contributed by atoms with E-state index in [1.807, 2.05) is 68.6 Å². The number of halogens is 1. The van der Waals surface area contributed by atoms with Crippen LogP contribution >= 0.6 is 11.6 Å². The monoisotopic (exact) mass is 434 g/mol. The molecule has 0 fully saturated rings. The number of nitrogens with zero attached hydrogens (tertiary/aromatic N) is 2. The van der Waals surface area contributed by atoms with Gasteiger partial charge in [-0.15, -0.1) is 0 Å². The lowest BCUT2D eigenvalue weighted by Gasteiger charge is -2.16. The highest BCUT2D eigenvalue weighted by molar-refractivity contribution is 6.32. The van der Waals surface area contributed by atoms with Crippen molar-refractivity contribution in [2.24, 2.45) is 0 Å². The molecule has 0 radical (unpaired) electrons. The molecule has 0 aliphatic rings. The molecule has 3 N–H and O–H groups in total. The number of ether oxygens (including phenoxy) is 2. The summed E-state index contributed by atoms with van der Waals surface area (Å²) < 4.78 is 11.4. The van der Waals surface area contributed by atoms with Gasteiger partial charge in [0.1, 0.15) is 18.1 Å². The standard InChI is InChI=1S/C24H23ClN4O2/c1-3-30-23-12-21-18(11-20(23)26)24(15(2)13-28-21)29-16-7-8-22(19(25)10-16)31-14-17-6-4-5-9-27-17/h4-13H,3,14,26H2,1-2H3,(H,28,29). The van der Waals surface area contributed by atoms with E-state index >= 15 is 0 Å². The average molecular weight is 435 g/mol. The summed E-state index contributed by atoms with van der Waals surface area (Å²) in [5.74, 6) is 1.23. The summed E-state index contributed by atoms with van der Waals surface area (Å²) in [5, 5.41) is 4.87. The molecule has 0 saturated carbocycles. The lowest BCUT2D eigenvalue weighted by atomic mass is 10.1. The van der Waals surface area contributed by atoms with Gasteiger partial charge in [-0.25, -0.2) is 0 Å². The summed E-state index contributed by atoms with van der Waals surface area (Å²) in [6.45, 7) is 4.81. The lowest BCUT2D eigenvalue weighted by molar-refractivity contribution is 0.301.